The zero-order valence-electron chi connectivity index (χ0n) is 12.5. The number of aliphatic imine (C=N–C) groups is 1. The minimum absolute atomic E-state index is 0.431. The van der Waals surface area contributed by atoms with Crippen LogP contribution in [-0.2, 0) is 10.5 Å². The van der Waals surface area contributed by atoms with Crippen LogP contribution in [0.15, 0.2) is 65.7 Å². The number of aliphatic carboxylic acids is 1. The molecule has 0 saturated carbocycles. The van der Waals surface area contributed by atoms with Gasteiger partial charge in [0.2, 0.25) is 0 Å². The molecule has 0 aromatic heterocycles. The van der Waals surface area contributed by atoms with Crippen LogP contribution in [-0.4, -0.2) is 28.6 Å². The van der Waals surface area contributed by atoms with E-state index in [0.717, 1.165) is 11.3 Å². The average molecular weight is 313 g/mol. The van der Waals surface area contributed by atoms with Gasteiger partial charge in [-0.1, -0.05) is 60.7 Å². The van der Waals surface area contributed by atoms with Crippen molar-refractivity contribution in [3.63, 3.8) is 0 Å². The predicted molar refractivity (Wildman–Crippen MR) is 92.7 cm³/mol. The highest BCUT2D eigenvalue weighted by atomic mass is 32.2. The van der Waals surface area contributed by atoms with Gasteiger partial charge in [0.15, 0.2) is 5.54 Å². The van der Waals surface area contributed by atoms with Gasteiger partial charge < -0.3 is 5.11 Å². The Labute approximate surface area is 135 Å². The third-order valence-electron chi connectivity index (χ3n) is 3.25. The van der Waals surface area contributed by atoms with Gasteiger partial charge in [0.25, 0.3) is 0 Å². The smallest absolute Gasteiger partial charge is 0.332 e. The van der Waals surface area contributed by atoms with Crippen molar-refractivity contribution in [3.05, 3.63) is 71.8 Å². The monoisotopic (exact) mass is 313 g/mol. The van der Waals surface area contributed by atoms with Gasteiger partial charge in [-0.25, -0.2) is 4.79 Å². The Morgan fingerprint density at radius 2 is 1.73 bits per heavy atom. The number of nitrogens with zero attached hydrogens (tertiary/aromatic N) is 1. The first kappa shape index (κ1) is 16.3. The minimum Gasteiger partial charge on any atom is -0.479 e. The van der Waals surface area contributed by atoms with E-state index in [9.17, 15) is 9.90 Å². The van der Waals surface area contributed by atoms with Gasteiger partial charge in [-0.15, -0.1) is 0 Å². The van der Waals surface area contributed by atoms with Gasteiger partial charge in [-0.2, -0.15) is 11.8 Å². The normalized spacial score (nSPS) is 13.9. The van der Waals surface area contributed by atoms with Crippen LogP contribution in [0.4, 0.5) is 0 Å². The van der Waals surface area contributed by atoms with Crippen LogP contribution in [0.2, 0.25) is 0 Å². The lowest BCUT2D eigenvalue weighted by Crippen LogP contribution is -2.36. The van der Waals surface area contributed by atoms with Gasteiger partial charge in [0, 0.05) is 17.7 Å². The van der Waals surface area contributed by atoms with Crippen LogP contribution in [0, 0.1) is 0 Å². The van der Waals surface area contributed by atoms with Crippen molar-refractivity contribution in [1.29, 1.82) is 0 Å². The number of hydrogen-bond acceptors (Lipinski definition) is 3. The summed E-state index contributed by atoms with van der Waals surface area (Å²) in [6, 6.07) is 19.6. The van der Waals surface area contributed by atoms with E-state index in [-0.39, 0.29) is 0 Å². The Hall–Kier alpha value is -2.07. The van der Waals surface area contributed by atoms with E-state index in [2.05, 4.69) is 4.99 Å². The molecule has 0 heterocycles. The van der Waals surface area contributed by atoms with Crippen molar-refractivity contribution < 1.29 is 9.90 Å². The van der Waals surface area contributed by atoms with E-state index in [1.54, 1.807) is 24.9 Å². The van der Waals surface area contributed by atoms with Crippen LogP contribution >= 0.6 is 11.8 Å². The molecular weight excluding hydrogens is 294 g/mol. The van der Waals surface area contributed by atoms with Gasteiger partial charge in [0.1, 0.15) is 0 Å². The lowest BCUT2D eigenvalue weighted by atomic mass is 10.1. The summed E-state index contributed by atoms with van der Waals surface area (Å²) >= 11 is 1.58. The first-order valence-corrected chi connectivity index (χ1v) is 8.21. The summed E-state index contributed by atoms with van der Waals surface area (Å²) in [4.78, 5) is 15.9. The van der Waals surface area contributed by atoms with Crippen molar-refractivity contribution in [1.82, 2.24) is 0 Å². The van der Waals surface area contributed by atoms with Crippen LogP contribution in [0.3, 0.4) is 0 Å². The molecule has 0 unspecified atom stereocenters. The molecule has 0 aliphatic heterocycles. The molecule has 0 aliphatic carbocycles. The number of carboxylic acids is 1. The molecule has 3 nitrogen and oxygen atoms in total. The lowest BCUT2D eigenvalue weighted by molar-refractivity contribution is -0.141. The van der Waals surface area contributed by atoms with E-state index in [0.29, 0.717) is 5.75 Å². The lowest BCUT2D eigenvalue weighted by Gasteiger charge is -2.19. The second-order valence-electron chi connectivity index (χ2n) is 5.23. The molecule has 0 aliphatic rings. The van der Waals surface area contributed by atoms with Gasteiger partial charge >= 0.3 is 5.97 Å². The first-order chi connectivity index (χ1) is 10.6. The van der Waals surface area contributed by atoms with E-state index in [1.807, 2.05) is 60.7 Å². The molecule has 0 bridgehead atoms. The first-order valence-electron chi connectivity index (χ1n) is 7.05. The summed E-state index contributed by atoms with van der Waals surface area (Å²) in [5.41, 5.74) is 0.977. The fourth-order valence-corrected chi connectivity index (χ4v) is 2.98. The molecule has 1 N–H and O–H groups in total. The molecule has 2 rings (SSSR count). The van der Waals surface area contributed by atoms with Crippen molar-refractivity contribution >= 4 is 23.9 Å². The highest BCUT2D eigenvalue weighted by Crippen LogP contribution is 2.21. The standard InChI is InChI=1S/C18H19NO2S/c1-18(17(20)21,19-12-15-8-4-2-5-9-15)14-22-13-16-10-6-3-7-11-16/h2-12H,13-14H2,1H3,(H,20,21)/t18-/m0/s1. The van der Waals surface area contributed by atoms with Crippen molar-refractivity contribution in [2.45, 2.75) is 18.2 Å². The van der Waals surface area contributed by atoms with Crippen LogP contribution in [0.5, 0.6) is 0 Å². The Balaban J connectivity index is 1.99. The quantitative estimate of drug-likeness (QED) is 0.789. The molecule has 0 radical (unpaired) electrons. The Kier molecular flexibility index (Phi) is 5.78. The van der Waals surface area contributed by atoms with Crippen LogP contribution in [0.25, 0.3) is 0 Å². The molecule has 22 heavy (non-hydrogen) atoms. The third-order valence-corrected chi connectivity index (χ3v) is 4.56. The van der Waals surface area contributed by atoms with E-state index in [1.165, 1.54) is 5.56 Å². The largest absolute Gasteiger partial charge is 0.479 e. The highest BCUT2D eigenvalue weighted by Gasteiger charge is 2.31. The summed E-state index contributed by atoms with van der Waals surface area (Å²) in [5.74, 6) is 0.311. The summed E-state index contributed by atoms with van der Waals surface area (Å²) in [6.45, 7) is 1.66. The fraction of sp³-hybridized carbons (Fsp3) is 0.222. The second kappa shape index (κ2) is 7.80. The molecule has 0 spiro atoms. The zero-order valence-corrected chi connectivity index (χ0v) is 13.3. The Morgan fingerprint density at radius 3 is 2.32 bits per heavy atom. The maximum atomic E-state index is 11.6. The molecule has 0 amide bonds. The number of carbonyl (C=O) groups is 1. The molecule has 1 atom stereocenters. The SMILES string of the molecule is C[C@@](CSCc1ccccc1)(N=Cc1ccccc1)C(=O)O. The van der Waals surface area contributed by atoms with Crippen molar-refractivity contribution in [2.75, 3.05) is 5.75 Å². The number of thioether (sulfide) groups is 1. The van der Waals surface area contributed by atoms with Gasteiger partial charge in [0.05, 0.1) is 0 Å². The number of rotatable bonds is 7. The van der Waals surface area contributed by atoms with Crippen molar-refractivity contribution in [3.8, 4) is 0 Å². The predicted octanol–water partition coefficient (Wildman–Crippen LogP) is 3.88. The molecule has 0 saturated heterocycles. The highest BCUT2D eigenvalue weighted by molar-refractivity contribution is 7.98. The summed E-state index contributed by atoms with van der Waals surface area (Å²) in [7, 11) is 0. The van der Waals surface area contributed by atoms with Crippen molar-refractivity contribution in [2.24, 2.45) is 4.99 Å². The Morgan fingerprint density at radius 1 is 1.14 bits per heavy atom. The molecule has 2 aromatic carbocycles. The zero-order chi connectivity index (χ0) is 15.8. The van der Waals surface area contributed by atoms with E-state index < -0.39 is 11.5 Å². The number of hydrogen-bond donors (Lipinski definition) is 1. The topological polar surface area (TPSA) is 49.7 Å². The maximum absolute atomic E-state index is 11.6. The molecule has 114 valence electrons. The van der Waals surface area contributed by atoms with Gasteiger partial charge in [-0.05, 0) is 18.1 Å². The average Bonchev–Trinajstić information content (AvgIpc) is 2.55. The minimum atomic E-state index is -1.12. The second-order valence-corrected chi connectivity index (χ2v) is 6.21. The molecule has 4 heteroatoms. The molecule has 0 fully saturated rings. The fourth-order valence-electron chi connectivity index (χ4n) is 1.85. The van der Waals surface area contributed by atoms with Crippen LogP contribution in [0.1, 0.15) is 18.1 Å². The van der Waals surface area contributed by atoms with Gasteiger partial charge in [-0.3, -0.25) is 4.99 Å². The Bertz CT molecular complexity index is 628. The third kappa shape index (κ3) is 4.74. The summed E-state index contributed by atoms with van der Waals surface area (Å²) in [5, 5.41) is 9.48. The maximum Gasteiger partial charge on any atom is 0.332 e. The van der Waals surface area contributed by atoms with E-state index >= 15 is 0 Å². The summed E-state index contributed by atoms with van der Waals surface area (Å²) in [6.07, 6.45) is 1.64. The number of carboxylic acid groups (broad SMARTS) is 1. The van der Waals surface area contributed by atoms with Crippen LogP contribution < -0.4 is 0 Å². The summed E-state index contributed by atoms with van der Waals surface area (Å²) < 4.78 is 0. The molecule has 2 aromatic rings. The molecular formula is C18H19NO2S. The van der Waals surface area contributed by atoms with E-state index in [4.69, 9.17) is 0 Å². The number of benzene rings is 2.